The van der Waals surface area contributed by atoms with Gasteiger partial charge in [0.25, 0.3) is 0 Å². The van der Waals surface area contributed by atoms with Gasteiger partial charge in [-0.05, 0) is 19.8 Å². The molecule has 1 aliphatic heterocycles. The molecule has 0 N–H and O–H groups in total. The minimum Gasteiger partial charge on any atom is -0.383 e. The predicted molar refractivity (Wildman–Crippen MR) is 89.0 cm³/mol. The lowest BCUT2D eigenvalue weighted by Crippen LogP contribution is -2.41. The highest BCUT2D eigenvalue weighted by molar-refractivity contribution is 7.89. The average molecular weight is 361 g/mol. The highest BCUT2D eigenvalue weighted by Gasteiger charge is 2.29. The fourth-order valence-corrected chi connectivity index (χ4v) is 4.83. The largest absolute Gasteiger partial charge is 0.383 e. The Morgan fingerprint density at radius 1 is 1.39 bits per heavy atom. The monoisotopic (exact) mass is 361 g/mol. The van der Waals surface area contributed by atoms with Gasteiger partial charge in [-0.3, -0.25) is 4.79 Å². The molecule has 1 saturated heterocycles. The standard InChI is InChI=1S/C14H23N3O4S2/c1-12-13(22-11-15-12)4-9-23(19,20)17-6-3-5-16(7-8-21-2)14(18)10-17/h11H,3-10H2,1-2H3. The first-order valence-electron chi connectivity index (χ1n) is 7.57. The molecule has 1 aliphatic rings. The molecule has 7 nitrogen and oxygen atoms in total. The van der Waals surface area contributed by atoms with Crippen molar-refractivity contribution in [3.8, 4) is 0 Å². The van der Waals surface area contributed by atoms with E-state index in [4.69, 9.17) is 4.74 Å². The lowest BCUT2D eigenvalue weighted by Gasteiger charge is -2.21. The van der Waals surface area contributed by atoms with Gasteiger partial charge in [-0.25, -0.2) is 13.4 Å². The Morgan fingerprint density at radius 3 is 2.83 bits per heavy atom. The van der Waals surface area contributed by atoms with Gasteiger partial charge in [-0.2, -0.15) is 4.31 Å². The number of amides is 1. The van der Waals surface area contributed by atoms with Crippen LogP contribution >= 0.6 is 11.3 Å². The first kappa shape index (κ1) is 18.3. The zero-order valence-corrected chi connectivity index (χ0v) is 15.2. The summed E-state index contributed by atoms with van der Waals surface area (Å²) in [5, 5.41) is 0. The Labute approximate surface area is 141 Å². The number of rotatable bonds is 7. The lowest BCUT2D eigenvalue weighted by atomic mass is 10.3. The Morgan fingerprint density at radius 2 is 2.17 bits per heavy atom. The molecule has 0 aliphatic carbocycles. The maximum atomic E-state index is 12.5. The number of hydrogen-bond donors (Lipinski definition) is 0. The summed E-state index contributed by atoms with van der Waals surface area (Å²) in [6.07, 6.45) is 1.09. The van der Waals surface area contributed by atoms with Gasteiger partial charge in [-0.1, -0.05) is 0 Å². The molecule has 0 radical (unpaired) electrons. The second-order valence-electron chi connectivity index (χ2n) is 5.49. The van der Waals surface area contributed by atoms with E-state index in [0.717, 1.165) is 10.6 Å². The number of carbonyl (C=O) groups is 1. The Balaban J connectivity index is 1.96. The fraction of sp³-hybridized carbons (Fsp3) is 0.714. The van der Waals surface area contributed by atoms with Crippen molar-refractivity contribution in [3.05, 3.63) is 16.1 Å². The van der Waals surface area contributed by atoms with Crippen LogP contribution in [0.2, 0.25) is 0 Å². The zero-order valence-electron chi connectivity index (χ0n) is 13.5. The third kappa shape index (κ3) is 4.97. The van der Waals surface area contributed by atoms with E-state index in [-0.39, 0.29) is 18.2 Å². The van der Waals surface area contributed by atoms with E-state index in [1.54, 1.807) is 17.5 Å². The van der Waals surface area contributed by atoms with E-state index in [9.17, 15) is 13.2 Å². The summed E-state index contributed by atoms with van der Waals surface area (Å²) in [4.78, 5) is 19.0. The van der Waals surface area contributed by atoms with Crippen LogP contribution in [0.4, 0.5) is 0 Å². The van der Waals surface area contributed by atoms with Gasteiger partial charge < -0.3 is 9.64 Å². The highest BCUT2D eigenvalue weighted by atomic mass is 32.2. The highest BCUT2D eigenvalue weighted by Crippen LogP contribution is 2.16. The molecular weight excluding hydrogens is 338 g/mol. The van der Waals surface area contributed by atoms with Gasteiger partial charge in [-0.15, -0.1) is 11.3 Å². The van der Waals surface area contributed by atoms with E-state index < -0.39 is 10.0 Å². The van der Waals surface area contributed by atoms with Crippen molar-refractivity contribution in [2.45, 2.75) is 19.8 Å². The predicted octanol–water partition coefficient (Wildman–Crippen LogP) is 0.505. The third-order valence-corrected chi connectivity index (χ3v) is 6.70. The van der Waals surface area contributed by atoms with Crippen LogP contribution in [0.3, 0.4) is 0 Å². The summed E-state index contributed by atoms with van der Waals surface area (Å²) in [5.41, 5.74) is 2.60. The number of nitrogens with zero attached hydrogens (tertiary/aromatic N) is 3. The van der Waals surface area contributed by atoms with Crippen LogP contribution in [-0.2, 0) is 26.0 Å². The van der Waals surface area contributed by atoms with Crippen LogP contribution in [-0.4, -0.2) is 74.2 Å². The number of carbonyl (C=O) groups excluding carboxylic acids is 1. The van der Waals surface area contributed by atoms with E-state index >= 15 is 0 Å². The number of methoxy groups -OCH3 is 1. The molecule has 1 aromatic rings. The van der Waals surface area contributed by atoms with E-state index in [0.29, 0.717) is 39.1 Å². The second kappa shape index (κ2) is 8.18. The molecular formula is C14H23N3O4S2. The zero-order chi connectivity index (χ0) is 16.9. The molecule has 1 amide bonds. The third-order valence-electron chi connectivity index (χ3n) is 3.89. The van der Waals surface area contributed by atoms with Gasteiger partial charge in [0, 0.05) is 31.6 Å². The Kier molecular flexibility index (Phi) is 6.51. The number of ether oxygens (including phenoxy) is 1. The van der Waals surface area contributed by atoms with Crippen LogP contribution in [0.15, 0.2) is 5.51 Å². The number of aromatic nitrogens is 1. The molecule has 0 aromatic carbocycles. The lowest BCUT2D eigenvalue weighted by molar-refractivity contribution is -0.131. The molecule has 130 valence electrons. The summed E-state index contributed by atoms with van der Waals surface area (Å²) in [6, 6.07) is 0. The topological polar surface area (TPSA) is 79.8 Å². The summed E-state index contributed by atoms with van der Waals surface area (Å²) in [5.74, 6) is -0.140. The number of hydrogen-bond acceptors (Lipinski definition) is 6. The first-order chi connectivity index (χ1) is 10.9. The summed E-state index contributed by atoms with van der Waals surface area (Å²) < 4.78 is 31.4. The van der Waals surface area contributed by atoms with Crippen molar-refractivity contribution in [1.82, 2.24) is 14.2 Å². The molecule has 1 aromatic heterocycles. The number of sulfonamides is 1. The molecule has 9 heteroatoms. The molecule has 0 unspecified atom stereocenters. The molecule has 23 heavy (non-hydrogen) atoms. The molecule has 2 heterocycles. The smallest absolute Gasteiger partial charge is 0.237 e. The van der Waals surface area contributed by atoms with Gasteiger partial charge in [0.05, 0.1) is 30.1 Å². The van der Waals surface area contributed by atoms with Crippen LogP contribution in [0.1, 0.15) is 17.0 Å². The maximum absolute atomic E-state index is 12.5. The molecule has 1 fully saturated rings. The second-order valence-corrected chi connectivity index (χ2v) is 8.52. The van der Waals surface area contributed by atoms with E-state index in [1.807, 2.05) is 6.92 Å². The molecule has 0 atom stereocenters. The van der Waals surface area contributed by atoms with Crippen LogP contribution < -0.4 is 0 Å². The van der Waals surface area contributed by atoms with Crippen molar-refractivity contribution in [3.63, 3.8) is 0 Å². The summed E-state index contributed by atoms with van der Waals surface area (Å²) >= 11 is 1.47. The average Bonchev–Trinajstić information content (AvgIpc) is 2.82. The molecule has 0 saturated carbocycles. The van der Waals surface area contributed by atoms with Gasteiger partial charge in [0.2, 0.25) is 15.9 Å². The summed E-state index contributed by atoms with van der Waals surface area (Å²) in [7, 11) is -1.86. The minimum atomic E-state index is -3.44. The Hall–Kier alpha value is -1.03. The molecule has 0 spiro atoms. The first-order valence-corrected chi connectivity index (χ1v) is 10.1. The van der Waals surface area contributed by atoms with Crippen LogP contribution in [0, 0.1) is 6.92 Å². The molecule has 0 bridgehead atoms. The maximum Gasteiger partial charge on any atom is 0.237 e. The van der Waals surface area contributed by atoms with Gasteiger partial charge in [0.15, 0.2) is 0 Å². The quantitative estimate of drug-likeness (QED) is 0.707. The minimum absolute atomic E-state index is 0.0153. The van der Waals surface area contributed by atoms with Crippen molar-refractivity contribution in [2.24, 2.45) is 0 Å². The molecule has 2 rings (SSSR count). The summed E-state index contributed by atoms with van der Waals surface area (Å²) in [6.45, 7) is 3.73. The van der Waals surface area contributed by atoms with Crippen molar-refractivity contribution < 1.29 is 17.9 Å². The van der Waals surface area contributed by atoms with Crippen molar-refractivity contribution in [2.75, 3.05) is 45.6 Å². The SMILES string of the molecule is COCCN1CCCN(S(=O)(=O)CCc2scnc2C)CC1=O. The van der Waals surface area contributed by atoms with Crippen molar-refractivity contribution in [1.29, 1.82) is 0 Å². The Bertz CT molecular complexity index is 630. The van der Waals surface area contributed by atoms with E-state index in [1.165, 1.54) is 15.6 Å². The van der Waals surface area contributed by atoms with Crippen molar-refractivity contribution >= 4 is 27.3 Å². The van der Waals surface area contributed by atoms with Crippen LogP contribution in [0.25, 0.3) is 0 Å². The van der Waals surface area contributed by atoms with E-state index in [2.05, 4.69) is 4.98 Å². The normalized spacial score (nSPS) is 17.5. The van der Waals surface area contributed by atoms with Gasteiger partial charge in [0.1, 0.15) is 0 Å². The van der Waals surface area contributed by atoms with Crippen LogP contribution in [0.5, 0.6) is 0 Å². The van der Waals surface area contributed by atoms with Gasteiger partial charge >= 0.3 is 0 Å². The number of thiazole rings is 1. The fourth-order valence-electron chi connectivity index (χ4n) is 2.48. The number of aryl methyl sites for hydroxylation is 2.